The zero-order chi connectivity index (χ0) is 13.7. The average Bonchev–Trinajstić information content (AvgIpc) is 2.89. The van der Waals surface area contributed by atoms with E-state index in [2.05, 4.69) is 55.6 Å². The minimum Gasteiger partial charge on any atom is -0.313 e. The van der Waals surface area contributed by atoms with Crippen LogP contribution in [-0.2, 0) is 13.1 Å². The van der Waals surface area contributed by atoms with E-state index in [4.69, 9.17) is 0 Å². The number of nitrogens with one attached hydrogen (secondary N) is 1. The molecule has 1 aromatic carbocycles. The first-order valence-electron chi connectivity index (χ1n) is 7.07. The van der Waals surface area contributed by atoms with Crippen LogP contribution in [0, 0.1) is 6.92 Å². The van der Waals surface area contributed by atoms with Crippen LogP contribution in [0.15, 0.2) is 30.6 Å². The summed E-state index contributed by atoms with van der Waals surface area (Å²) in [5.41, 5.74) is 5.13. The van der Waals surface area contributed by atoms with Gasteiger partial charge in [-0.1, -0.05) is 19.1 Å². The van der Waals surface area contributed by atoms with Gasteiger partial charge in [0.25, 0.3) is 0 Å². The number of hydrogen-bond acceptors (Lipinski definition) is 2. The fourth-order valence-corrected chi connectivity index (χ4v) is 2.18. The van der Waals surface area contributed by atoms with Gasteiger partial charge < -0.3 is 5.32 Å². The predicted octanol–water partition coefficient (Wildman–Crippen LogP) is 3.38. The Morgan fingerprint density at radius 3 is 2.79 bits per heavy atom. The molecule has 1 heterocycles. The van der Waals surface area contributed by atoms with Gasteiger partial charge in [-0.3, -0.25) is 4.68 Å². The third kappa shape index (κ3) is 3.44. The fraction of sp³-hybridized carbons (Fsp3) is 0.438. The minimum atomic E-state index is 0.913. The summed E-state index contributed by atoms with van der Waals surface area (Å²) in [6.45, 7) is 9.36. The molecule has 2 aromatic rings. The normalized spacial score (nSPS) is 10.9. The van der Waals surface area contributed by atoms with Crippen LogP contribution in [-0.4, -0.2) is 16.3 Å². The maximum atomic E-state index is 4.36. The van der Waals surface area contributed by atoms with Crippen molar-refractivity contribution in [3.63, 3.8) is 0 Å². The molecule has 0 saturated carbocycles. The highest BCUT2D eigenvalue weighted by atomic mass is 15.3. The largest absolute Gasteiger partial charge is 0.313 e. The summed E-state index contributed by atoms with van der Waals surface area (Å²) >= 11 is 0. The molecule has 0 radical (unpaired) electrons. The van der Waals surface area contributed by atoms with Gasteiger partial charge in [-0.2, -0.15) is 5.10 Å². The van der Waals surface area contributed by atoms with E-state index in [1.807, 2.05) is 10.9 Å². The van der Waals surface area contributed by atoms with Gasteiger partial charge in [0.2, 0.25) is 0 Å². The van der Waals surface area contributed by atoms with Crippen molar-refractivity contribution >= 4 is 0 Å². The highest BCUT2D eigenvalue weighted by molar-refractivity contribution is 5.66. The zero-order valence-electron chi connectivity index (χ0n) is 12.1. The van der Waals surface area contributed by atoms with E-state index < -0.39 is 0 Å². The number of hydrogen-bond donors (Lipinski definition) is 1. The van der Waals surface area contributed by atoms with Crippen molar-refractivity contribution in [2.24, 2.45) is 0 Å². The Hall–Kier alpha value is -1.61. The monoisotopic (exact) mass is 257 g/mol. The lowest BCUT2D eigenvalue weighted by atomic mass is 10.0. The van der Waals surface area contributed by atoms with Crippen LogP contribution in [0.25, 0.3) is 11.1 Å². The quantitative estimate of drug-likeness (QED) is 0.804. The molecule has 0 bridgehead atoms. The van der Waals surface area contributed by atoms with Crippen molar-refractivity contribution < 1.29 is 0 Å². The Morgan fingerprint density at radius 1 is 1.26 bits per heavy atom. The van der Waals surface area contributed by atoms with Crippen LogP contribution >= 0.6 is 0 Å². The van der Waals surface area contributed by atoms with Gasteiger partial charge in [-0.05, 0) is 49.6 Å². The van der Waals surface area contributed by atoms with Crippen LogP contribution in [0.4, 0.5) is 0 Å². The first-order valence-corrected chi connectivity index (χ1v) is 7.07. The molecule has 1 aromatic heterocycles. The fourth-order valence-electron chi connectivity index (χ4n) is 2.18. The molecular formula is C16H23N3. The summed E-state index contributed by atoms with van der Waals surface area (Å²) < 4.78 is 1.97. The molecule has 0 aliphatic carbocycles. The molecule has 0 amide bonds. The first kappa shape index (κ1) is 13.8. The SMILES string of the molecule is CCCNCc1ccc(C)c(-c2cnn(CC)c2)c1. The summed E-state index contributed by atoms with van der Waals surface area (Å²) in [4.78, 5) is 0. The molecule has 1 N–H and O–H groups in total. The van der Waals surface area contributed by atoms with Gasteiger partial charge in [-0.15, -0.1) is 0 Å². The third-order valence-electron chi connectivity index (χ3n) is 3.33. The molecule has 3 nitrogen and oxygen atoms in total. The van der Waals surface area contributed by atoms with Crippen molar-refractivity contribution in [2.45, 2.75) is 40.3 Å². The molecule has 3 heteroatoms. The molecule has 2 rings (SSSR count). The van der Waals surface area contributed by atoms with E-state index >= 15 is 0 Å². The molecule has 102 valence electrons. The maximum Gasteiger partial charge on any atom is 0.0568 e. The minimum absolute atomic E-state index is 0.913. The standard InChI is InChI=1S/C16H23N3/c1-4-8-17-10-14-7-6-13(3)16(9-14)15-11-18-19(5-2)12-15/h6-7,9,11-12,17H,4-5,8,10H2,1-3H3. The lowest BCUT2D eigenvalue weighted by Gasteiger charge is -2.08. The molecule has 0 fully saturated rings. The maximum absolute atomic E-state index is 4.36. The van der Waals surface area contributed by atoms with Crippen molar-refractivity contribution in [1.82, 2.24) is 15.1 Å². The topological polar surface area (TPSA) is 29.9 Å². The average molecular weight is 257 g/mol. The van der Waals surface area contributed by atoms with E-state index in [0.29, 0.717) is 0 Å². The second-order valence-electron chi connectivity index (χ2n) is 4.91. The summed E-state index contributed by atoms with van der Waals surface area (Å²) in [5, 5.41) is 7.80. The second-order valence-corrected chi connectivity index (χ2v) is 4.91. The molecule has 0 saturated heterocycles. The second kappa shape index (κ2) is 6.53. The zero-order valence-corrected chi connectivity index (χ0v) is 12.1. The smallest absolute Gasteiger partial charge is 0.0568 e. The van der Waals surface area contributed by atoms with Gasteiger partial charge in [0.05, 0.1) is 6.20 Å². The van der Waals surface area contributed by atoms with Gasteiger partial charge in [-0.25, -0.2) is 0 Å². The van der Waals surface area contributed by atoms with Gasteiger partial charge in [0.15, 0.2) is 0 Å². The number of benzene rings is 1. The number of nitrogens with zero attached hydrogens (tertiary/aromatic N) is 2. The van der Waals surface area contributed by atoms with Crippen LogP contribution in [0.2, 0.25) is 0 Å². The molecule has 0 spiro atoms. The molecule has 0 unspecified atom stereocenters. The highest BCUT2D eigenvalue weighted by Crippen LogP contribution is 2.24. The first-order chi connectivity index (χ1) is 9.24. The lowest BCUT2D eigenvalue weighted by molar-refractivity contribution is 0.660. The van der Waals surface area contributed by atoms with Crippen LogP contribution < -0.4 is 5.32 Å². The Labute approximate surface area is 115 Å². The van der Waals surface area contributed by atoms with Gasteiger partial charge >= 0.3 is 0 Å². The summed E-state index contributed by atoms with van der Waals surface area (Å²) in [7, 11) is 0. The predicted molar refractivity (Wildman–Crippen MR) is 80.1 cm³/mol. The van der Waals surface area contributed by atoms with E-state index in [-0.39, 0.29) is 0 Å². The third-order valence-corrected chi connectivity index (χ3v) is 3.33. The van der Waals surface area contributed by atoms with Crippen molar-refractivity contribution in [3.05, 3.63) is 41.7 Å². The molecular weight excluding hydrogens is 234 g/mol. The Bertz CT molecular complexity index is 529. The van der Waals surface area contributed by atoms with Crippen molar-refractivity contribution in [1.29, 1.82) is 0 Å². The van der Waals surface area contributed by atoms with Crippen LogP contribution in [0.1, 0.15) is 31.4 Å². The van der Waals surface area contributed by atoms with E-state index in [1.54, 1.807) is 0 Å². The summed E-state index contributed by atoms with van der Waals surface area (Å²) in [5.74, 6) is 0. The van der Waals surface area contributed by atoms with Crippen LogP contribution in [0.5, 0.6) is 0 Å². The molecule has 0 aliphatic heterocycles. The molecule has 0 aliphatic rings. The van der Waals surface area contributed by atoms with E-state index in [9.17, 15) is 0 Å². The van der Waals surface area contributed by atoms with E-state index in [1.165, 1.54) is 28.7 Å². The summed E-state index contributed by atoms with van der Waals surface area (Å²) in [6, 6.07) is 6.67. The molecule has 0 atom stereocenters. The Morgan fingerprint density at radius 2 is 2.11 bits per heavy atom. The highest BCUT2D eigenvalue weighted by Gasteiger charge is 2.06. The van der Waals surface area contributed by atoms with Crippen molar-refractivity contribution in [2.75, 3.05) is 6.54 Å². The Balaban J connectivity index is 2.21. The number of rotatable bonds is 6. The number of aryl methyl sites for hydroxylation is 2. The summed E-state index contributed by atoms with van der Waals surface area (Å²) in [6.07, 6.45) is 5.24. The van der Waals surface area contributed by atoms with Gasteiger partial charge in [0, 0.05) is 24.8 Å². The van der Waals surface area contributed by atoms with E-state index in [0.717, 1.165) is 19.6 Å². The lowest BCUT2D eigenvalue weighted by Crippen LogP contribution is -2.13. The van der Waals surface area contributed by atoms with Gasteiger partial charge in [0.1, 0.15) is 0 Å². The van der Waals surface area contributed by atoms with Crippen molar-refractivity contribution in [3.8, 4) is 11.1 Å². The Kier molecular flexibility index (Phi) is 4.74. The number of aromatic nitrogens is 2. The van der Waals surface area contributed by atoms with Crippen LogP contribution in [0.3, 0.4) is 0 Å². The molecule has 19 heavy (non-hydrogen) atoms.